The molecule has 0 spiro atoms. The largest absolute Gasteiger partial charge is 0.349 e. The van der Waals surface area contributed by atoms with E-state index in [9.17, 15) is 4.79 Å². The number of carbonyl (C=O) groups excluding carboxylic acids is 1. The Morgan fingerprint density at radius 1 is 1.43 bits per heavy atom. The molecule has 1 amide bonds. The van der Waals surface area contributed by atoms with Gasteiger partial charge in [0.05, 0.1) is 11.8 Å². The zero-order valence-electron chi connectivity index (χ0n) is 11.9. The van der Waals surface area contributed by atoms with Crippen LogP contribution in [0.5, 0.6) is 0 Å². The van der Waals surface area contributed by atoms with Crippen LogP contribution in [-0.4, -0.2) is 16.6 Å². The monoisotopic (exact) mass is 384 g/mol. The summed E-state index contributed by atoms with van der Waals surface area (Å²) in [6.45, 7) is 4.03. The van der Waals surface area contributed by atoms with Crippen LogP contribution in [0.1, 0.15) is 30.6 Å². The van der Waals surface area contributed by atoms with Gasteiger partial charge < -0.3 is 5.32 Å². The quantitative estimate of drug-likeness (QED) is 0.741. The highest BCUT2D eigenvalue weighted by Gasteiger charge is 2.13. The number of rotatable bonds is 6. The fourth-order valence-corrected chi connectivity index (χ4v) is 3.80. The van der Waals surface area contributed by atoms with Gasteiger partial charge in [-0.05, 0) is 31.0 Å². The minimum absolute atomic E-state index is 0.0441. The van der Waals surface area contributed by atoms with Gasteiger partial charge in [0.2, 0.25) is 5.91 Å². The van der Waals surface area contributed by atoms with E-state index in [0.717, 1.165) is 26.5 Å². The lowest BCUT2D eigenvalue weighted by Crippen LogP contribution is -2.29. The molecule has 21 heavy (non-hydrogen) atoms. The summed E-state index contributed by atoms with van der Waals surface area (Å²) < 4.78 is 1.99. The van der Waals surface area contributed by atoms with Crippen LogP contribution in [0.15, 0.2) is 38.5 Å². The summed E-state index contributed by atoms with van der Waals surface area (Å²) in [5.41, 5.74) is 2.13. The average Bonchev–Trinajstić information content (AvgIpc) is 2.89. The van der Waals surface area contributed by atoms with Crippen molar-refractivity contribution < 1.29 is 4.79 Å². The predicted molar refractivity (Wildman–Crippen MR) is 92.9 cm³/mol. The van der Waals surface area contributed by atoms with E-state index in [1.54, 1.807) is 11.3 Å². The fraction of sp³-hybridized carbons (Fsp3) is 0.333. The van der Waals surface area contributed by atoms with E-state index in [-0.39, 0.29) is 11.9 Å². The van der Waals surface area contributed by atoms with Crippen molar-refractivity contribution >= 4 is 44.9 Å². The third kappa shape index (κ3) is 5.13. The fourth-order valence-electron chi connectivity index (χ4n) is 1.88. The maximum absolute atomic E-state index is 12.1. The van der Waals surface area contributed by atoms with Crippen molar-refractivity contribution in [2.45, 2.75) is 30.6 Å². The summed E-state index contributed by atoms with van der Waals surface area (Å²) in [6.07, 6.45) is 0.869. The van der Waals surface area contributed by atoms with Crippen molar-refractivity contribution in [3.05, 3.63) is 45.4 Å². The molecule has 0 saturated heterocycles. The summed E-state index contributed by atoms with van der Waals surface area (Å²) in [5, 5.41) is 5.08. The Balaban J connectivity index is 1.89. The molecule has 0 aliphatic carbocycles. The number of aryl methyl sites for hydroxylation is 1. The molecule has 0 unspecified atom stereocenters. The lowest BCUT2D eigenvalue weighted by atomic mass is 10.0. The highest BCUT2D eigenvalue weighted by atomic mass is 79.9. The van der Waals surface area contributed by atoms with Crippen molar-refractivity contribution in [3.8, 4) is 0 Å². The molecule has 1 aromatic heterocycles. The van der Waals surface area contributed by atoms with Gasteiger partial charge >= 0.3 is 0 Å². The zero-order valence-corrected chi connectivity index (χ0v) is 15.1. The highest BCUT2D eigenvalue weighted by molar-refractivity contribution is 9.10. The number of hydrogen-bond acceptors (Lipinski definition) is 4. The third-order valence-corrected chi connectivity index (χ3v) is 5.61. The van der Waals surface area contributed by atoms with E-state index in [1.807, 2.05) is 36.6 Å². The molecule has 0 radical (unpaired) electrons. The molecule has 0 aliphatic heterocycles. The Labute approximate surface area is 141 Å². The van der Waals surface area contributed by atoms with Gasteiger partial charge in [0.25, 0.3) is 0 Å². The third-order valence-electron chi connectivity index (χ3n) is 2.94. The summed E-state index contributed by atoms with van der Waals surface area (Å²) >= 11 is 6.49. The van der Waals surface area contributed by atoms with E-state index < -0.39 is 0 Å². The van der Waals surface area contributed by atoms with Crippen molar-refractivity contribution in [1.29, 1.82) is 0 Å². The van der Waals surface area contributed by atoms with Gasteiger partial charge in [-0.2, -0.15) is 0 Å². The van der Waals surface area contributed by atoms with E-state index >= 15 is 0 Å². The minimum Gasteiger partial charge on any atom is -0.349 e. The second kappa shape index (κ2) is 7.96. The molecular formula is C15H17BrN2OS2. The van der Waals surface area contributed by atoms with Gasteiger partial charge in [0.1, 0.15) is 0 Å². The standard InChI is InChI=1S/C15H17BrN2OS2/c1-3-13(11-4-6-12(16)7-5-11)18-14(19)9-21-15-17-10(2)8-20-15/h4-8,13H,3,9H2,1-2H3,(H,18,19)/t13-/m0/s1. The van der Waals surface area contributed by atoms with Crippen LogP contribution in [0.2, 0.25) is 0 Å². The van der Waals surface area contributed by atoms with Crippen molar-refractivity contribution in [2.75, 3.05) is 5.75 Å². The normalized spacial score (nSPS) is 12.1. The topological polar surface area (TPSA) is 42.0 Å². The van der Waals surface area contributed by atoms with Crippen molar-refractivity contribution in [3.63, 3.8) is 0 Å². The second-order valence-corrected chi connectivity index (χ2v) is 7.62. The molecule has 1 heterocycles. The summed E-state index contributed by atoms with van der Waals surface area (Å²) in [4.78, 5) is 16.4. The second-order valence-electron chi connectivity index (χ2n) is 4.62. The van der Waals surface area contributed by atoms with Crippen LogP contribution in [0.25, 0.3) is 0 Å². The number of nitrogens with one attached hydrogen (secondary N) is 1. The number of hydrogen-bond donors (Lipinski definition) is 1. The number of amides is 1. The average molecular weight is 385 g/mol. The smallest absolute Gasteiger partial charge is 0.230 e. The molecule has 0 bridgehead atoms. The predicted octanol–water partition coefficient (Wildman–Crippen LogP) is 4.57. The minimum atomic E-state index is 0.0441. The van der Waals surface area contributed by atoms with Crippen LogP contribution < -0.4 is 5.32 Å². The summed E-state index contributed by atoms with van der Waals surface area (Å²) in [6, 6.07) is 8.13. The Morgan fingerprint density at radius 3 is 2.71 bits per heavy atom. The van der Waals surface area contributed by atoms with E-state index in [1.165, 1.54) is 11.8 Å². The number of nitrogens with zero attached hydrogens (tertiary/aromatic N) is 1. The van der Waals surface area contributed by atoms with Crippen LogP contribution in [-0.2, 0) is 4.79 Å². The van der Waals surface area contributed by atoms with Gasteiger partial charge in [0, 0.05) is 15.5 Å². The number of benzene rings is 1. The first-order chi connectivity index (χ1) is 10.1. The molecule has 2 aromatic rings. The van der Waals surface area contributed by atoms with E-state index in [0.29, 0.717) is 5.75 Å². The molecule has 0 saturated carbocycles. The molecule has 3 nitrogen and oxygen atoms in total. The van der Waals surface area contributed by atoms with Crippen LogP contribution >= 0.6 is 39.0 Å². The lowest BCUT2D eigenvalue weighted by Gasteiger charge is -2.17. The summed E-state index contributed by atoms with van der Waals surface area (Å²) in [7, 11) is 0. The molecule has 0 aliphatic rings. The Hall–Kier alpha value is -0.850. The maximum atomic E-state index is 12.1. The Kier molecular flexibility index (Phi) is 6.26. The first-order valence-corrected chi connectivity index (χ1v) is 9.34. The molecule has 1 atom stereocenters. The van der Waals surface area contributed by atoms with Crippen LogP contribution in [0.4, 0.5) is 0 Å². The molecule has 1 N–H and O–H groups in total. The van der Waals surface area contributed by atoms with Gasteiger partial charge in [-0.3, -0.25) is 4.79 Å². The molecule has 112 valence electrons. The first-order valence-electron chi connectivity index (χ1n) is 6.68. The number of thioether (sulfide) groups is 1. The van der Waals surface area contributed by atoms with Gasteiger partial charge in [0.15, 0.2) is 4.34 Å². The Bertz CT molecular complexity index is 598. The zero-order chi connectivity index (χ0) is 15.2. The molecule has 6 heteroatoms. The molecule has 1 aromatic carbocycles. The van der Waals surface area contributed by atoms with Crippen molar-refractivity contribution in [1.82, 2.24) is 10.3 Å². The SMILES string of the molecule is CC[C@H](NC(=O)CSc1nc(C)cs1)c1ccc(Br)cc1. The van der Waals surface area contributed by atoms with Crippen LogP contribution in [0, 0.1) is 6.92 Å². The number of aromatic nitrogens is 1. The van der Waals surface area contributed by atoms with E-state index in [4.69, 9.17) is 0 Å². The first kappa shape index (κ1) is 16.5. The number of carbonyl (C=O) groups is 1. The highest BCUT2D eigenvalue weighted by Crippen LogP contribution is 2.23. The van der Waals surface area contributed by atoms with Gasteiger partial charge in [-0.25, -0.2) is 4.98 Å². The number of thiazole rings is 1. The lowest BCUT2D eigenvalue weighted by molar-refractivity contribution is -0.119. The van der Waals surface area contributed by atoms with Crippen LogP contribution in [0.3, 0.4) is 0 Å². The number of halogens is 1. The maximum Gasteiger partial charge on any atom is 0.230 e. The Morgan fingerprint density at radius 2 is 2.14 bits per heavy atom. The van der Waals surface area contributed by atoms with Crippen molar-refractivity contribution in [2.24, 2.45) is 0 Å². The van der Waals surface area contributed by atoms with Gasteiger partial charge in [-0.15, -0.1) is 11.3 Å². The summed E-state index contributed by atoms with van der Waals surface area (Å²) in [5.74, 6) is 0.447. The van der Waals surface area contributed by atoms with E-state index in [2.05, 4.69) is 33.2 Å². The molecular weight excluding hydrogens is 368 g/mol. The molecule has 2 rings (SSSR count). The molecule has 0 fully saturated rings. The van der Waals surface area contributed by atoms with Gasteiger partial charge in [-0.1, -0.05) is 46.7 Å².